The third-order valence-electron chi connectivity index (χ3n) is 1.71. The maximum atomic E-state index is 11.2. The van der Waals surface area contributed by atoms with Gasteiger partial charge in [-0.3, -0.25) is 14.7 Å². The molecule has 0 saturated carbocycles. The highest BCUT2D eigenvalue weighted by atomic mass is 16.4. The molecule has 3 N–H and O–H groups in total. The molecule has 0 saturated heterocycles. The molecular weight excluding hydrogens is 200 g/mol. The lowest BCUT2D eigenvalue weighted by atomic mass is 10.2. The predicted octanol–water partition coefficient (Wildman–Crippen LogP) is -0.324. The van der Waals surface area contributed by atoms with E-state index < -0.39 is 5.97 Å². The monoisotopic (exact) mass is 212 g/mol. The van der Waals surface area contributed by atoms with E-state index in [2.05, 4.69) is 20.5 Å². The van der Waals surface area contributed by atoms with Crippen molar-refractivity contribution < 1.29 is 14.7 Å². The van der Waals surface area contributed by atoms with Gasteiger partial charge in [-0.1, -0.05) is 0 Å². The molecule has 1 aromatic rings. The average Bonchev–Trinajstić information content (AvgIpc) is 2.66. The van der Waals surface area contributed by atoms with Crippen molar-refractivity contribution in [3.8, 4) is 0 Å². The lowest BCUT2D eigenvalue weighted by Gasteiger charge is -2.01. The summed E-state index contributed by atoms with van der Waals surface area (Å²) in [5.74, 6) is -0.507. The zero-order valence-electron chi connectivity index (χ0n) is 8.06. The molecule has 0 fully saturated rings. The minimum Gasteiger partial charge on any atom is -0.481 e. The van der Waals surface area contributed by atoms with Gasteiger partial charge in [0, 0.05) is 12.8 Å². The number of aromatic nitrogens is 3. The van der Waals surface area contributed by atoms with Crippen molar-refractivity contribution in [3.63, 3.8) is 0 Å². The Bertz CT molecular complexity index is 323. The second-order valence-corrected chi connectivity index (χ2v) is 2.96. The Balaban J connectivity index is 2.11. The maximum absolute atomic E-state index is 11.2. The van der Waals surface area contributed by atoms with Crippen molar-refractivity contribution >= 4 is 11.9 Å². The minimum absolute atomic E-state index is 0.00965. The molecule has 0 aromatic carbocycles. The number of amides is 1. The van der Waals surface area contributed by atoms with Crippen LogP contribution in [0, 0.1) is 0 Å². The Morgan fingerprint density at radius 3 is 2.87 bits per heavy atom. The topological polar surface area (TPSA) is 108 Å². The van der Waals surface area contributed by atoms with Gasteiger partial charge >= 0.3 is 5.97 Å². The number of nitrogens with zero attached hydrogens (tertiary/aromatic N) is 2. The summed E-state index contributed by atoms with van der Waals surface area (Å²) < 4.78 is 0. The van der Waals surface area contributed by atoms with E-state index in [4.69, 9.17) is 5.11 Å². The van der Waals surface area contributed by atoms with Gasteiger partial charge in [0.15, 0.2) is 0 Å². The van der Waals surface area contributed by atoms with Crippen LogP contribution in [0.5, 0.6) is 0 Å². The van der Waals surface area contributed by atoms with Gasteiger partial charge in [-0.05, 0) is 6.42 Å². The van der Waals surface area contributed by atoms with Gasteiger partial charge in [0.2, 0.25) is 5.91 Å². The molecular formula is C8H12N4O3. The number of hydrogen-bond donors (Lipinski definition) is 3. The van der Waals surface area contributed by atoms with Gasteiger partial charge in [-0.2, -0.15) is 5.10 Å². The molecule has 1 amide bonds. The molecule has 1 aromatic heterocycles. The van der Waals surface area contributed by atoms with Crippen LogP contribution >= 0.6 is 0 Å². The van der Waals surface area contributed by atoms with Crippen LogP contribution in [0.4, 0.5) is 0 Å². The lowest BCUT2D eigenvalue weighted by Crippen LogP contribution is -2.23. The first kappa shape index (κ1) is 11.2. The SMILES string of the molecule is O=C(O)CCCC(=O)NCc1ncn[nH]1. The van der Waals surface area contributed by atoms with Crippen LogP contribution in [-0.4, -0.2) is 32.2 Å². The second kappa shape index (κ2) is 5.74. The number of nitrogens with one attached hydrogen (secondary N) is 2. The molecule has 0 aliphatic heterocycles. The summed E-state index contributed by atoms with van der Waals surface area (Å²) in [7, 11) is 0. The quantitative estimate of drug-likeness (QED) is 0.598. The van der Waals surface area contributed by atoms with Crippen LogP contribution in [0.3, 0.4) is 0 Å². The van der Waals surface area contributed by atoms with Crippen LogP contribution in [0.2, 0.25) is 0 Å². The molecule has 0 unspecified atom stereocenters. The average molecular weight is 212 g/mol. The van der Waals surface area contributed by atoms with Crippen molar-refractivity contribution in [1.29, 1.82) is 0 Å². The van der Waals surface area contributed by atoms with E-state index in [1.807, 2.05) is 0 Å². The van der Waals surface area contributed by atoms with Crippen molar-refractivity contribution in [2.24, 2.45) is 0 Å². The first-order chi connectivity index (χ1) is 7.18. The van der Waals surface area contributed by atoms with Gasteiger partial charge < -0.3 is 10.4 Å². The molecule has 1 heterocycles. The molecule has 15 heavy (non-hydrogen) atoms. The van der Waals surface area contributed by atoms with Crippen LogP contribution in [-0.2, 0) is 16.1 Å². The highest BCUT2D eigenvalue weighted by Crippen LogP contribution is 1.95. The summed E-state index contributed by atoms with van der Waals surface area (Å²) in [5.41, 5.74) is 0. The molecule has 0 bridgehead atoms. The summed E-state index contributed by atoms with van der Waals surface area (Å²) in [5, 5.41) is 17.2. The van der Waals surface area contributed by atoms with E-state index in [0.29, 0.717) is 12.2 Å². The Kier molecular flexibility index (Phi) is 4.27. The van der Waals surface area contributed by atoms with Gasteiger partial charge in [-0.25, -0.2) is 4.98 Å². The number of H-pyrrole nitrogens is 1. The fourth-order valence-corrected chi connectivity index (χ4v) is 0.987. The smallest absolute Gasteiger partial charge is 0.303 e. The summed E-state index contributed by atoms with van der Waals surface area (Å²) in [4.78, 5) is 25.1. The van der Waals surface area contributed by atoms with Gasteiger partial charge in [-0.15, -0.1) is 0 Å². The Labute approximate surface area is 85.9 Å². The van der Waals surface area contributed by atoms with Gasteiger partial charge in [0.05, 0.1) is 6.54 Å². The summed E-state index contributed by atoms with van der Waals surface area (Å²) in [6.07, 6.45) is 1.92. The molecule has 7 heteroatoms. The maximum Gasteiger partial charge on any atom is 0.303 e. The Hall–Kier alpha value is -1.92. The predicted molar refractivity (Wildman–Crippen MR) is 49.7 cm³/mol. The normalized spacial score (nSPS) is 9.87. The highest BCUT2D eigenvalue weighted by molar-refractivity contribution is 5.76. The number of carbonyl (C=O) groups is 2. The number of aliphatic carboxylic acids is 1. The van der Waals surface area contributed by atoms with Crippen LogP contribution in [0.1, 0.15) is 25.1 Å². The van der Waals surface area contributed by atoms with Crippen LogP contribution in [0.25, 0.3) is 0 Å². The zero-order valence-corrected chi connectivity index (χ0v) is 8.06. The molecule has 1 rings (SSSR count). The molecule has 82 valence electrons. The second-order valence-electron chi connectivity index (χ2n) is 2.96. The molecule has 0 atom stereocenters. The lowest BCUT2D eigenvalue weighted by molar-refractivity contribution is -0.137. The summed E-state index contributed by atoms with van der Waals surface area (Å²) >= 11 is 0. The molecule has 0 spiro atoms. The third kappa shape index (κ3) is 4.75. The summed E-state index contributed by atoms with van der Waals surface area (Å²) in [6, 6.07) is 0. The number of carboxylic acid groups (broad SMARTS) is 1. The molecule has 0 radical (unpaired) electrons. The molecule has 0 aliphatic carbocycles. The molecule has 7 nitrogen and oxygen atoms in total. The minimum atomic E-state index is -0.891. The number of carbonyl (C=O) groups excluding carboxylic acids is 1. The number of aromatic amines is 1. The van der Waals surface area contributed by atoms with Crippen molar-refractivity contribution in [1.82, 2.24) is 20.5 Å². The van der Waals surface area contributed by atoms with E-state index in [1.54, 1.807) is 0 Å². The first-order valence-electron chi connectivity index (χ1n) is 4.51. The van der Waals surface area contributed by atoms with Gasteiger partial charge in [0.1, 0.15) is 12.2 Å². The van der Waals surface area contributed by atoms with E-state index in [1.165, 1.54) is 6.33 Å². The largest absolute Gasteiger partial charge is 0.481 e. The van der Waals surface area contributed by atoms with Crippen LogP contribution in [0.15, 0.2) is 6.33 Å². The van der Waals surface area contributed by atoms with Crippen molar-refractivity contribution in [2.75, 3.05) is 0 Å². The van der Waals surface area contributed by atoms with Crippen molar-refractivity contribution in [2.45, 2.75) is 25.8 Å². The van der Waals surface area contributed by atoms with Crippen LogP contribution < -0.4 is 5.32 Å². The fourth-order valence-electron chi connectivity index (χ4n) is 0.987. The Morgan fingerprint density at radius 1 is 1.47 bits per heavy atom. The van der Waals surface area contributed by atoms with E-state index in [9.17, 15) is 9.59 Å². The number of hydrogen-bond acceptors (Lipinski definition) is 4. The highest BCUT2D eigenvalue weighted by Gasteiger charge is 2.04. The number of carboxylic acids is 1. The summed E-state index contributed by atoms with van der Waals surface area (Å²) in [6.45, 7) is 0.284. The van der Waals surface area contributed by atoms with E-state index >= 15 is 0 Å². The fraction of sp³-hybridized carbons (Fsp3) is 0.500. The van der Waals surface area contributed by atoms with E-state index in [0.717, 1.165) is 0 Å². The zero-order chi connectivity index (χ0) is 11.1. The van der Waals surface area contributed by atoms with Crippen molar-refractivity contribution in [3.05, 3.63) is 12.2 Å². The Morgan fingerprint density at radius 2 is 2.27 bits per heavy atom. The standard InChI is InChI=1S/C8H12N4O3/c13-7(2-1-3-8(14)15)9-4-6-10-5-11-12-6/h5H,1-4H2,(H,9,13)(H,14,15)(H,10,11,12). The molecule has 0 aliphatic rings. The third-order valence-corrected chi connectivity index (χ3v) is 1.71. The first-order valence-corrected chi connectivity index (χ1v) is 4.51. The number of rotatable bonds is 6. The van der Waals surface area contributed by atoms with E-state index in [-0.39, 0.29) is 25.3 Å². The van der Waals surface area contributed by atoms with Gasteiger partial charge in [0.25, 0.3) is 0 Å².